The molecule has 4 saturated carbocycles. The molecule has 5 rings (SSSR count). The van der Waals surface area contributed by atoms with Gasteiger partial charge in [0.15, 0.2) is 0 Å². The number of allylic oxidation sites excluding steroid dienone is 1. The van der Waals surface area contributed by atoms with E-state index in [1.54, 1.807) is 6.92 Å². The smallest absolute Gasteiger partial charge is 0.317 e. The van der Waals surface area contributed by atoms with Crippen molar-refractivity contribution in [1.82, 2.24) is 0 Å². The number of ether oxygens (including phenoxy) is 2. The van der Waals surface area contributed by atoms with Crippen molar-refractivity contribution in [2.24, 2.45) is 76.9 Å². The van der Waals surface area contributed by atoms with Crippen LogP contribution >= 0.6 is 0 Å². The van der Waals surface area contributed by atoms with Crippen molar-refractivity contribution in [2.75, 3.05) is 13.2 Å². The molecule has 4 bridgehead atoms. The topological polar surface area (TPSA) is 147 Å². The maximum absolute atomic E-state index is 12.9. The van der Waals surface area contributed by atoms with E-state index in [4.69, 9.17) is 14.6 Å². The quantitative estimate of drug-likeness (QED) is 0.186. The minimum atomic E-state index is -1.14. The van der Waals surface area contributed by atoms with Crippen LogP contribution in [-0.2, 0) is 28.7 Å². The molecule has 0 amide bonds. The van der Waals surface area contributed by atoms with Gasteiger partial charge in [-0.25, -0.2) is 0 Å². The second kappa shape index (κ2) is 9.15. The van der Waals surface area contributed by atoms with E-state index in [2.05, 4.69) is 13.5 Å². The van der Waals surface area contributed by atoms with E-state index in [0.29, 0.717) is 31.3 Å². The zero-order valence-electron chi connectivity index (χ0n) is 20.7. The summed E-state index contributed by atoms with van der Waals surface area (Å²) >= 11 is 0. The largest absolute Gasteiger partial charge is 0.498 e. The molecule has 0 aromatic heterocycles. The van der Waals surface area contributed by atoms with Gasteiger partial charge in [0, 0.05) is 18.9 Å². The maximum atomic E-state index is 12.9. The highest BCUT2D eigenvalue weighted by Gasteiger charge is 2.70. The molecule has 3 N–H and O–H groups in total. The summed E-state index contributed by atoms with van der Waals surface area (Å²) in [7, 11) is 0. The average Bonchev–Trinajstić information content (AvgIpc) is 3.60. The number of carboxylic acids is 2. The summed E-state index contributed by atoms with van der Waals surface area (Å²) in [6.07, 6.45) is 2.82. The van der Waals surface area contributed by atoms with Crippen molar-refractivity contribution in [3.63, 3.8) is 0 Å². The van der Waals surface area contributed by atoms with Gasteiger partial charge in [-0.05, 0) is 66.6 Å². The van der Waals surface area contributed by atoms with Crippen LogP contribution in [0.25, 0.3) is 0 Å². The first-order valence-corrected chi connectivity index (χ1v) is 13.2. The van der Waals surface area contributed by atoms with E-state index in [9.17, 15) is 29.4 Å². The summed E-state index contributed by atoms with van der Waals surface area (Å²) in [6, 6.07) is 0. The monoisotopic (exact) mass is 504 g/mol. The predicted molar refractivity (Wildman–Crippen MR) is 124 cm³/mol. The number of hydrogen-bond acceptors (Lipinski definition) is 7. The molecule has 198 valence electrons. The molecule has 1 saturated heterocycles. The number of fused-ring (bicyclic) bond motifs is 4. The first kappa shape index (κ1) is 25.2. The second-order valence-corrected chi connectivity index (χ2v) is 11.8. The molecule has 0 aromatic carbocycles. The molecular formula is C27H36O9. The molecule has 5 aliphatic rings. The standard InChI is InChI=1S/C27H36O9/c1-10-14-7-13(8-15(14)12(3)35-6-4-5-28)18(10)20-16-9-17(23(25(31)32)22(16)24(29)30)21(20)19-11(2)26(33)36-27(19)34/h10-11,13-23,28H,3-9H2,1-2H3,(H,29,30)(H,31,32). The number of aliphatic hydroxyl groups is 1. The Labute approximate surface area is 210 Å². The van der Waals surface area contributed by atoms with Crippen LogP contribution in [0.3, 0.4) is 0 Å². The van der Waals surface area contributed by atoms with Gasteiger partial charge in [-0.3, -0.25) is 19.2 Å². The highest BCUT2D eigenvalue weighted by atomic mass is 16.6. The lowest BCUT2D eigenvalue weighted by atomic mass is 9.55. The van der Waals surface area contributed by atoms with Crippen LogP contribution in [0.5, 0.6) is 0 Å². The van der Waals surface area contributed by atoms with Crippen molar-refractivity contribution in [2.45, 2.75) is 39.5 Å². The summed E-state index contributed by atoms with van der Waals surface area (Å²) in [4.78, 5) is 49.7. The fourth-order valence-corrected chi connectivity index (χ4v) is 9.46. The third-order valence-corrected chi connectivity index (χ3v) is 10.6. The van der Waals surface area contributed by atoms with Gasteiger partial charge in [0.1, 0.15) is 0 Å². The van der Waals surface area contributed by atoms with Gasteiger partial charge in [0.25, 0.3) is 0 Å². The van der Waals surface area contributed by atoms with E-state index in [0.717, 1.165) is 18.6 Å². The Hall–Kier alpha value is -2.42. The number of carbonyl (C=O) groups is 4. The minimum Gasteiger partial charge on any atom is -0.498 e. The number of aliphatic carboxylic acids is 2. The van der Waals surface area contributed by atoms with E-state index >= 15 is 0 Å². The number of aliphatic hydroxyl groups excluding tert-OH is 1. The zero-order valence-corrected chi connectivity index (χ0v) is 20.7. The first-order valence-electron chi connectivity index (χ1n) is 13.2. The van der Waals surface area contributed by atoms with Crippen molar-refractivity contribution >= 4 is 23.9 Å². The van der Waals surface area contributed by atoms with Crippen LogP contribution in [0.1, 0.15) is 39.5 Å². The normalized spacial score (nSPS) is 46.8. The Balaban J connectivity index is 1.46. The predicted octanol–water partition coefficient (Wildman–Crippen LogP) is 2.43. The molecule has 36 heavy (non-hydrogen) atoms. The number of hydrogen-bond donors (Lipinski definition) is 3. The summed E-state index contributed by atoms with van der Waals surface area (Å²) in [6.45, 7) is 8.47. The van der Waals surface area contributed by atoms with Crippen LogP contribution in [0.4, 0.5) is 0 Å². The Bertz CT molecular complexity index is 972. The summed E-state index contributed by atoms with van der Waals surface area (Å²) < 4.78 is 10.8. The van der Waals surface area contributed by atoms with Gasteiger partial charge < -0.3 is 24.8 Å². The van der Waals surface area contributed by atoms with Crippen LogP contribution in [0.15, 0.2) is 12.3 Å². The third-order valence-electron chi connectivity index (χ3n) is 10.6. The van der Waals surface area contributed by atoms with Gasteiger partial charge in [0.2, 0.25) is 0 Å². The molecule has 0 spiro atoms. The van der Waals surface area contributed by atoms with Gasteiger partial charge in [-0.15, -0.1) is 0 Å². The molecule has 5 fully saturated rings. The van der Waals surface area contributed by atoms with Crippen molar-refractivity contribution < 1.29 is 44.0 Å². The first-order chi connectivity index (χ1) is 17.1. The highest BCUT2D eigenvalue weighted by Crippen LogP contribution is 2.69. The molecule has 13 atom stereocenters. The van der Waals surface area contributed by atoms with E-state index in [1.165, 1.54) is 0 Å². The molecule has 1 heterocycles. The lowest BCUT2D eigenvalue weighted by Crippen LogP contribution is -2.50. The van der Waals surface area contributed by atoms with Crippen molar-refractivity contribution in [3.8, 4) is 0 Å². The number of carbonyl (C=O) groups excluding carboxylic acids is 2. The van der Waals surface area contributed by atoms with E-state index in [1.807, 2.05) is 0 Å². The van der Waals surface area contributed by atoms with Crippen LogP contribution in [-0.4, -0.2) is 52.4 Å². The number of cyclic esters (lactones) is 2. The van der Waals surface area contributed by atoms with Crippen molar-refractivity contribution in [3.05, 3.63) is 12.3 Å². The van der Waals surface area contributed by atoms with Crippen molar-refractivity contribution in [1.29, 1.82) is 0 Å². The van der Waals surface area contributed by atoms with Gasteiger partial charge in [0.05, 0.1) is 36.0 Å². The lowest BCUT2D eigenvalue weighted by Gasteiger charge is -2.47. The van der Waals surface area contributed by atoms with Crippen LogP contribution < -0.4 is 0 Å². The van der Waals surface area contributed by atoms with E-state index in [-0.39, 0.29) is 42.1 Å². The Kier molecular flexibility index (Phi) is 6.42. The Morgan fingerprint density at radius 3 is 2.11 bits per heavy atom. The molecule has 9 nitrogen and oxygen atoms in total. The highest BCUT2D eigenvalue weighted by molar-refractivity contribution is 5.96. The zero-order chi connectivity index (χ0) is 26.0. The minimum absolute atomic E-state index is 0.0563. The Morgan fingerprint density at radius 1 is 0.944 bits per heavy atom. The summed E-state index contributed by atoms with van der Waals surface area (Å²) in [5.74, 6) is -6.28. The van der Waals surface area contributed by atoms with Crippen LogP contribution in [0.2, 0.25) is 0 Å². The Morgan fingerprint density at radius 2 is 1.58 bits per heavy atom. The molecule has 0 aromatic rings. The number of rotatable bonds is 9. The average molecular weight is 505 g/mol. The molecule has 13 unspecified atom stereocenters. The summed E-state index contributed by atoms with van der Waals surface area (Å²) in [5.41, 5.74) is 0. The fourth-order valence-electron chi connectivity index (χ4n) is 9.46. The molecular weight excluding hydrogens is 468 g/mol. The van der Waals surface area contributed by atoms with Crippen LogP contribution in [0, 0.1) is 76.9 Å². The number of esters is 2. The van der Waals surface area contributed by atoms with E-state index < -0.39 is 53.5 Å². The third kappa shape index (κ3) is 3.60. The molecule has 4 aliphatic carbocycles. The molecule has 9 heteroatoms. The van der Waals surface area contributed by atoms with Gasteiger partial charge in [-0.2, -0.15) is 0 Å². The second-order valence-electron chi connectivity index (χ2n) is 11.8. The fraction of sp³-hybridized carbons (Fsp3) is 0.778. The maximum Gasteiger partial charge on any atom is 0.317 e. The lowest BCUT2D eigenvalue weighted by molar-refractivity contribution is -0.163. The van der Waals surface area contributed by atoms with Gasteiger partial charge in [-0.1, -0.05) is 20.4 Å². The summed E-state index contributed by atoms with van der Waals surface area (Å²) in [5, 5.41) is 29.1. The molecule has 0 radical (unpaired) electrons. The molecule has 1 aliphatic heterocycles. The SMILES string of the molecule is C=C(OCCCO)C1CC2CC1C(C)C2C1C2CC(C(C(=O)O)C2C(=O)O)C1C1C(=O)OC(=O)C1C. The van der Waals surface area contributed by atoms with Gasteiger partial charge >= 0.3 is 23.9 Å². The number of carboxylic acid groups (broad SMARTS) is 2.